The lowest BCUT2D eigenvalue weighted by Crippen LogP contribution is -2.13. The largest absolute Gasteiger partial charge is 0.460 e. The fraction of sp³-hybridized carbons (Fsp3) is 0.300. The summed E-state index contributed by atoms with van der Waals surface area (Å²) in [6.45, 7) is 8.13. The van der Waals surface area contributed by atoms with Crippen LogP contribution in [-0.4, -0.2) is 23.8 Å². The van der Waals surface area contributed by atoms with Crippen molar-refractivity contribution in [3.05, 3.63) is 36.9 Å². The maximum absolute atomic E-state index is 10.3. The Morgan fingerprint density at radius 3 is 2.43 bits per heavy atom. The number of esters is 1. The number of aliphatic hydroxyl groups excluding tert-OH is 1. The molecule has 0 aromatic rings. The van der Waals surface area contributed by atoms with Gasteiger partial charge in [-0.1, -0.05) is 36.9 Å². The number of carbonyl (C=O) groups excluding carboxylic acids is 1. The van der Waals surface area contributed by atoms with E-state index in [-0.39, 0.29) is 6.61 Å². The Balaban J connectivity index is 0. The Hall–Kier alpha value is -1.06. The van der Waals surface area contributed by atoms with Crippen LogP contribution in [0, 0.1) is 0 Å². The molecule has 0 aromatic carbocycles. The van der Waals surface area contributed by atoms with Crippen LogP contribution in [0.25, 0.3) is 0 Å². The third-order valence-corrected chi connectivity index (χ3v) is 0.988. The number of carbonyl (C=O) groups is 1. The van der Waals surface area contributed by atoms with Gasteiger partial charge in [0.2, 0.25) is 0 Å². The van der Waals surface area contributed by atoms with Crippen molar-refractivity contribution in [3.8, 4) is 0 Å². The first-order chi connectivity index (χ1) is 6.58. The molecule has 0 aromatic heterocycles. The lowest BCUT2D eigenvalue weighted by atomic mass is 10.4. The van der Waals surface area contributed by atoms with E-state index in [1.807, 2.05) is 0 Å². The lowest BCUT2D eigenvalue weighted by molar-refractivity contribution is -0.140. The average Bonchev–Trinajstić information content (AvgIpc) is 2.16. The summed E-state index contributed by atoms with van der Waals surface area (Å²) in [6, 6.07) is 0. The van der Waals surface area contributed by atoms with E-state index in [0.29, 0.717) is 0 Å². The second kappa shape index (κ2) is 11.9. The number of rotatable bonds is 4. The van der Waals surface area contributed by atoms with Gasteiger partial charge in [-0.3, -0.25) is 0 Å². The molecule has 1 unspecified atom stereocenters. The number of hydrogen-bond donors (Lipinski definition) is 1. The van der Waals surface area contributed by atoms with Gasteiger partial charge in [-0.15, -0.1) is 0 Å². The number of allylic oxidation sites excluding steroid dienone is 2. The van der Waals surface area contributed by atoms with Crippen LogP contribution in [0.3, 0.4) is 0 Å². The van der Waals surface area contributed by atoms with Gasteiger partial charge in [-0.25, -0.2) is 4.79 Å². The Labute approximate surface area is 89.3 Å². The van der Waals surface area contributed by atoms with E-state index >= 15 is 0 Å². The second-order valence-corrected chi connectivity index (χ2v) is 2.49. The highest BCUT2D eigenvalue weighted by atomic mass is 35.5. The number of halogens is 1. The van der Waals surface area contributed by atoms with Gasteiger partial charge in [0.1, 0.15) is 6.61 Å². The van der Waals surface area contributed by atoms with Crippen molar-refractivity contribution in [2.45, 2.75) is 13.0 Å². The van der Waals surface area contributed by atoms with Gasteiger partial charge in [-0.2, -0.15) is 0 Å². The first-order valence-electron chi connectivity index (χ1n) is 3.93. The van der Waals surface area contributed by atoms with E-state index in [1.54, 1.807) is 12.2 Å². The minimum Gasteiger partial charge on any atom is -0.460 e. The van der Waals surface area contributed by atoms with Crippen molar-refractivity contribution in [1.82, 2.24) is 0 Å². The molecule has 0 aliphatic rings. The van der Waals surface area contributed by atoms with Gasteiger partial charge in [0.15, 0.2) is 0 Å². The summed E-state index contributed by atoms with van der Waals surface area (Å²) in [5, 5.41) is 8.59. The molecule has 80 valence electrons. The standard InChI is InChI=1S/C6H10O3.C4H5Cl/c1-3-6(8)9-4-5(2)7;1-2-3-4-5/h3,5,7H,1,4H2,2H3;2-4H,1H2. The molecule has 0 fully saturated rings. The molecule has 0 bridgehead atoms. The van der Waals surface area contributed by atoms with E-state index < -0.39 is 12.1 Å². The van der Waals surface area contributed by atoms with E-state index in [1.165, 1.54) is 12.5 Å². The zero-order chi connectivity index (χ0) is 11.4. The molecule has 0 heterocycles. The molecule has 3 nitrogen and oxygen atoms in total. The molecule has 1 N–H and O–H groups in total. The van der Waals surface area contributed by atoms with Crippen LogP contribution in [0.2, 0.25) is 0 Å². The Morgan fingerprint density at radius 2 is 2.21 bits per heavy atom. The zero-order valence-electron chi connectivity index (χ0n) is 8.15. The fourth-order valence-electron chi connectivity index (χ4n) is 0.313. The van der Waals surface area contributed by atoms with Crippen LogP contribution >= 0.6 is 11.6 Å². The first-order valence-corrected chi connectivity index (χ1v) is 4.37. The molecule has 0 saturated carbocycles. The summed E-state index contributed by atoms with van der Waals surface area (Å²) in [4.78, 5) is 10.3. The SMILES string of the molecule is C=CC(=O)OCC(C)O.C=CC=CCl. The molecular formula is C10H15ClO3. The molecule has 14 heavy (non-hydrogen) atoms. The lowest BCUT2D eigenvalue weighted by Gasteiger charge is -2.02. The number of ether oxygens (including phenoxy) is 1. The van der Waals surface area contributed by atoms with Crippen molar-refractivity contribution in [1.29, 1.82) is 0 Å². The van der Waals surface area contributed by atoms with E-state index in [2.05, 4.69) is 17.9 Å². The van der Waals surface area contributed by atoms with Crippen LogP contribution < -0.4 is 0 Å². The van der Waals surface area contributed by atoms with Gasteiger partial charge >= 0.3 is 5.97 Å². The Kier molecular flexibility index (Phi) is 13.1. The van der Waals surface area contributed by atoms with Crippen LogP contribution in [0.15, 0.2) is 36.9 Å². The molecule has 0 aliphatic carbocycles. The van der Waals surface area contributed by atoms with Gasteiger partial charge in [0.05, 0.1) is 6.10 Å². The second-order valence-electron chi connectivity index (χ2n) is 2.24. The molecular weight excluding hydrogens is 204 g/mol. The van der Waals surface area contributed by atoms with E-state index in [4.69, 9.17) is 16.7 Å². The van der Waals surface area contributed by atoms with Crippen molar-refractivity contribution in [2.75, 3.05) is 6.61 Å². The van der Waals surface area contributed by atoms with Crippen molar-refractivity contribution in [2.24, 2.45) is 0 Å². The monoisotopic (exact) mass is 218 g/mol. The highest BCUT2D eigenvalue weighted by Crippen LogP contribution is 1.83. The van der Waals surface area contributed by atoms with Gasteiger partial charge in [-0.05, 0) is 6.92 Å². The predicted octanol–water partition coefficient (Wildman–Crippen LogP) is 2.02. The summed E-state index contributed by atoms with van der Waals surface area (Å²) in [5.41, 5.74) is 1.41. The molecule has 1 atom stereocenters. The van der Waals surface area contributed by atoms with Crippen LogP contribution in [-0.2, 0) is 9.53 Å². The maximum Gasteiger partial charge on any atom is 0.330 e. The number of hydrogen-bond acceptors (Lipinski definition) is 3. The zero-order valence-corrected chi connectivity index (χ0v) is 8.91. The van der Waals surface area contributed by atoms with Crippen molar-refractivity contribution >= 4 is 17.6 Å². The predicted molar refractivity (Wildman–Crippen MR) is 58.0 cm³/mol. The molecule has 0 aliphatic heterocycles. The van der Waals surface area contributed by atoms with E-state index in [0.717, 1.165) is 6.08 Å². The molecule has 0 saturated heterocycles. The summed E-state index contributed by atoms with van der Waals surface area (Å²) in [7, 11) is 0. The Bertz CT molecular complexity index is 198. The van der Waals surface area contributed by atoms with Gasteiger partial charge < -0.3 is 9.84 Å². The molecule has 0 rings (SSSR count). The average molecular weight is 219 g/mol. The fourth-order valence-corrected chi connectivity index (χ4v) is 0.416. The maximum atomic E-state index is 10.3. The minimum atomic E-state index is -0.603. The van der Waals surface area contributed by atoms with E-state index in [9.17, 15) is 4.79 Å². The smallest absolute Gasteiger partial charge is 0.330 e. The quantitative estimate of drug-likeness (QED) is 0.446. The summed E-state index contributed by atoms with van der Waals surface area (Å²) in [6.07, 6.45) is 3.73. The normalized spacial score (nSPS) is 11.1. The molecule has 4 heteroatoms. The van der Waals surface area contributed by atoms with Gasteiger partial charge in [0, 0.05) is 11.6 Å². The molecule has 0 amide bonds. The highest BCUT2D eigenvalue weighted by Gasteiger charge is 1.98. The third kappa shape index (κ3) is 17.1. The summed E-state index contributed by atoms with van der Waals surface area (Å²) in [5.74, 6) is -0.504. The van der Waals surface area contributed by atoms with Crippen molar-refractivity contribution < 1.29 is 14.6 Å². The highest BCUT2D eigenvalue weighted by molar-refractivity contribution is 6.25. The topological polar surface area (TPSA) is 46.5 Å². The Morgan fingerprint density at radius 1 is 1.64 bits per heavy atom. The minimum absolute atomic E-state index is 0.0326. The first kappa shape index (κ1) is 15.4. The molecule has 0 radical (unpaired) electrons. The van der Waals surface area contributed by atoms with Crippen LogP contribution in [0.4, 0.5) is 0 Å². The van der Waals surface area contributed by atoms with Gasteiger partial charge in [0.25, 0.3) is 0 Å². The van der Waals surface area contributed by atoms with Crippen LogP contribution in [0.5, 0.6) is 0 Å². The summed E-state index contributed by atoms with van der Waals surface area (Å²) >= 11 is 5.05. The third-order valence-electron chi connectivity index (χ3n) is 0.842. The van der Waals surface area contributed by atoms with Crippen molar-refractivity contribution in [3.63, 3.8) is 0 Å². The van der Waals surface area contributed by atoms with Crippen LogP contribution in [0.1, 0.15) is 6.92 Å². The molecule has 0 spiro atoms. The summed E-state index contributed by atoms with van der Waals surface area (Å²) < 4.78 is 4.45. The number of aliphatic hydroxyl groups is 1.